The molecule has 2 amide bonds. The molecular formula is C14H22N2O3. The SMILES string of the molecule is O=C(NC1CC=CCC1)NC1CCCC(C(=O)O)C1. The van der Waals surface area contributed by atoms with Gasteiger partial charge in [-0.2, -0.15) is 0 Å². The van der Waals surface area contributed by atoms with E-state index >= 15 is 0 Å². The van der Waals surface area contributed by atoms with Crippen LogP contribution in [0.2, 0.25) is 0 Å². The fraction of sp³-hybridized carbons (Fsp3) is 0.714. The summed E-state index contributed by atoms with van der Waals surface area (Å²) < 4.78 is 0. The van der Waals surface area contributed by atoms with Crippen molar-refractivity contribution in [2.45, 2.75) is 57.0 Å². The predicted octanol–water partition coefficient (Wildman–Crippen LogP) is 2.04. The molecule has 0 bridgehead atoms. The first kappa shape index (κ1) is 13.9. The van der Waals surface area contributed by atoms with Gasteiger partial charge in [0.1, 0.15) is 0 Å². The highest BCUT2D eigenvalue weighted by Crippen LogP contribution is 2.24. The maximum absolute atomic E-state index is 11.9. The van der Waals surface area contributed by atoms with E-state index in [1.807, 2.05) is 0 Å². The molecule has 0 radical (unpaired) electrons. The molecule has 0 spiro atoms. The second-order valence-corrected chi connectivity index (χ2v) is 5.50. The van der Waals surface area contributed by atoms with Gasteiger partial charge in [0.05, 0.1) is 5.92 Å². The number of carbonyl (C=O) groups excluding carboxylic acids is 1. The van der Waals surface area contributed by atoms with E-state index in [0.717, 1.165) is 38.5 Å². The number of allylic oxidation sites excluding steroid dienone is 1. The van der Waals surface area contributed by atoms with Crippen LogP contribution in [0, 0.1) is 5.92 Å². The largest absolute Gasteiger partial charge is 0.481 e. The highest BCUT2D eigenvalue weighted by Gasteiger charge is 2.28. The van der Waals surface area contributed by atoms with E-state index in [4.69, 9.17) is 5.11 Å². The average Bonchev–Trinajstić information content (AvgIpc) is 2.40. The van der Waals surface area contributed by atoms with Crippen molar-refractivity contribution in [1.29, 1.82) is 0 Å². The van der Waals surface area contributed by atoms with Crippen molar-refractivity contribution in [1.82, 2.24) is 10.6 Å². The van der Waals surface area contributed by atoms with Crippen molar-refractivity contribution in [3.05, 3.63) is 12.2 Å². The summed E-state index contributed by atoms with van der Waals surface area (Å²) in [6.45, 7) is 0. The summed E-state index contributed by atoms with van der Waals surface area (Å²) in [7, 11) is 0. The van der Waals surface area contributed by atoms with E-state index in [1.165, 1.54) is 0 Å². The highest BCUT2D eigenvalue weighted by atomic mass is 16.4. The van der Waals surface area contributed by atoms with Crippen LogP contribution >= 0.6 is 0 Å². The van der Waals surface area contributed by atoms with Crippen molar-refractivity contribution in [2.24, 2.45) is 5.92 Å². The van der Waals surface area contributed by atoms with Gasteiger partial charge in [-0.15, -0.1) is 0 Å². The maximum atomic E-state index is 11.9. The third-order valence-electron chi connectivity index (χ3n) is 3.96. The second kappa shape index (κ2) is 6.59. The molecule has 0 aromatic carbocycles. The van der Waals surface area contributed by atoms with E-state index in [9.17, 15) is 9.59 Å². The summed E-state index contributed by atoms with van der Waals surface area (Å²) >= 11 is 0. The third kappa shape index (κ3) is 4.26. The monoisotopic (exact) mass is 266 g/mol. The van der Waals surface area contributed by atoms with Crippen molar-refractivity contribution in [3.63, 3.8) is 0 Å². The lowest BCUT2D eigenvalue weighted by Gasteiger charge is -2.28. The molecular weight excluding hydrogens is 244 g/mol. The number of nitrogens with one attached hydrogen (secondary N) is 2. The number of rotatable bonds is 3. The quantitative estimate of drug-likeness (QED) is 0.684. The molecule has 106 valence electrons. The van der Waals surface area contributed by atoms with Gasteiger partial charge in [0.15, 0.2) is 0 Å². The zero-order chi connectivity index (χ0) is 13.7. The van der Waals surface area contributed by atoms with Gasteiger partial charge in [-0.3, -0.25) is 4.79 Å². The lowest BCUT2D eigenvalue weighted by molar-refractivity contribution is -0.143. The Morgan fingerprint density at radius 1 is 1.05 bits per heavy atom. The van der Waals surface area contributed by atoms with E-state index in [-0.39, 0.29) is 24.0 Å². The Kier molecular flexibility index (Phi) is 4.82. The van der Waals surface area contributed by atoms with Crippen molar-refractivity contribution in [2.75, 3.05) is 0 Å². The first-order valence-electron chi connectivity index (χ1n) is 7.10. The summed E-state index contributed by atoms with van der Waals surface area (Å²) in [5.41, 5.74) is 0. The minimum absolute atomic E-state index is 0.00557. The van der Waals surface area contributed by atoms with Crippen molar-refractivity contribution >= 4 is 12.0 Å². The molecule has 5 heteroatoms. The Hall–Kier alpha value is -1.52. The Labute approximate surface area is 113 Å². The van der Waals surface area contributed by atoms with Gasteiger partial charge in [0.25, 0.3) is 0 Å². The van der Waals surface area contributed by atoms with Crippen molar-refractivity contribution in [3.8, 4) is 0 Å². The molecule has 0 aromatic rings. The molecule has 3 N–H and O–H groups in total. The fourth-order valence-electron chi connectivity index (χ4n) is 2.88. The smallest absolute Gasteiger partial charge is 0.315 e. The molecule has 2 aliphatic rings. The minimum Gasteiger partial charge on any atom is -0.481 e. The van der Waals surface area contributed by atoms with Gasteiger partial charge in [0, 0.05) is 12.1 Å². The van der Waals surface area contributed by atoms with Crippen LogP contribution in [-0.4, -0.2) is 29.2 Å². The van der Waals surface area contributed by atoms with Crippen LogP contribution < -0.4 is 10.6 Å². The summed E-state index contributed by atoms with van der Waals surface area (Å²) in [6.07, 6.45) is 10.1. The summed E-state index contributed by atoms with van der Waals surface area (Å²) in [5, 5.41) is 14.9. The van der Waals surface area contributed by atoms with E-state index < -0.39 is 5.97 Å². The molecule has 3 unspecified atom stereocenters. The average molecular weight is 266 g/mol. The molecule has 1 saturated carbocycles. The van der Waals surface area contributed by atoms with Crippen LogP contribution in [-0.2, 0) is 4.79 Å². The van der Waals surface area contributed by atoms with Crippen molar-refractivity contribution < 1.29 is 14.7 Å². The number of aliphatic carboxylic acids is 1. The number of carboxylic acid groups (broad SMARTS) is 1. The standard InChI is InChI=1S/C14H22N2O3/c17-13(18)10-5-4-8-12(9-10)16-14(19)15-11-6-2-1-3-7-11/h1-2,10-12H,3-9H2,(H,17,18)(H2,15,16,19). The van der Waals surface area contributed by atoms with E-state index in [0.29, 0.717) is 6.42 Å². The van der Waals surface area contributed by atoms with Crippen LogP contribution in [0.5, 0.6) is 0 Å². The molecule has 2 aliphatic carbocycles. The van der Waals surface area contributed by atoms with E-state index in [2.05, 4.69) is 22.8 Å². The van der Waals surface area contributed by atoms with E-state index in [1.54, 1.807) is 0 Å². The fourth-order valence-corrected chi connectivity index (χ4v) is 2.88. The summed E-state index contributed by atoms with van der Waals surface area (Å²) in [5.74, 6) is -1.05. The number of amides is 2. The molecule has 0 heterocycles. The lowest BCUT2D eigenvalue weighted by Crippen LogP contribution is -2.48. The molecule has 19 heavy (non-hydrogen) atoms. The van der Waals surface area contributed by atoms with Gasteiger partial charge in [-0.25, -0.2) is 4.79 Å². The molecule has 5 nitrogen and oxygen atoms in total. The zero-order valence-corrected chi connectivity index (χ0v) is 11.1. The summed E-state index contributed by atoms with van der Waals surface area (Å²) in [4.78, 5) is 22.8. The molecule has 2 rings (SSSR count). The molecule has 3 atom stereocenters. The molecule has 0 aromatic heterocycles. The zero-order valence-electron chi connectivity index (χ0n) is 11.1. The number of hydrogen-bond acceptors (Lipinski definition) is 2. The first-order valence-corrected chi connectivity index (χ1v) is 7.10. The minimum atomic E-state index is -0.746. The van der Waals surface area contributed by atoms with Gasteiger partial charge >= 0.3 is 12.0 Å². The highest BCUT2D eigenvalue weighted by molar-refractivity contribution is 5.75. The first-order chi connectivity index (χ1) is 9.15. The van der Waals surface area contributed by atoms with Crippen LogP contribution in [0.4, 0.5) is 4.79 Å². The van der Waals surface area contributed by atoms with Crippen LogP contribution in [0.3, 0.4) is 0 Å². The normalized spacial score (nSPS) is 30.6. The number of carboxylic acids is 1. The maximum Gasteiger partial charge on any atom is 0.315 e. The van der Waals surface area contributed by atoms with Gasteiger partial charge in [0.2, 0.25) is 0 Å². The molecule has 1 fully saturated rings. The van der Waals surface area contributed by atoms with Gasteiger partial charge in [-0.1, -0.05) is 18.6 Å². The summed E-state index contributed by atoms with van der Waals surface area (Å²) in [6, 6.07) is 0.0502. The topological polar surface area (TPSA) is 78.4 Å². The predicted molar refractivity (Wildman–Crippen MR) is 71.8 cm³/mol. The Bertz CT molecular complexity index is 368. The molecule has 0 saturated heterocycles. The second-order valence-electron chi connectivity index (χ2n) is 5.50. The Morgan fingerprint density at radius 2 is 1.84 bits per heavy atom. The number of urea groups is 1. The van der Waals surface area contributed by atoms with Crippen LogP contribution in [0.15, 0.2) is 12.2 Å². The number of carbonyl (C=O) groups is 2. The number of hydrogen-bond donors (Lipinski definition) is 3. The van der Waals surface area contributed by atoms with Crippen LogP contribution in [0.25, 0.3) is 0 Å². The van der Waals surface area contributed by atoms with Gasteiger partial charge < -0.3 is 15.7 Å². The molecule has 0 aliphatic heterocycles. The Morgan fingerprint density at radius 3 is 2.53 bits per heavy atom. The van der Waals surface area contributed by atoms with Crippen LogP contribution in [0.1, 0.15) is 44.9 Å². The Balaban J connectivity index is 1.75. The third-order valence-corrected chi connectivity index (χ3v) is 3.96. The lowest BCUT2D eigenvalue weighted by atomic mass is 9.86. The van der Waals surface area contributed by atoms with Gasteiger partial charge in [-0.05, 0) is 38.5 Å².